The summed E-state index contributed by atoms with van der Waals surface area (Å²) in [5.41, 5.74) is 3.16. The first-order chi connectivity index (χ1) is 15.0. The number of carbonyl (C=O) groups is 1. The molecular formula is C24H25N3O3S. The van der Waals surface area contributed by atoms with Gasteiger partial charge >= 0.3 is 0 Å². The smallest absolute Gasteiger partial charge is 0.269 e. The molecule has 31 heavy (non-hydrogen) atoms. The van der Waals surface area contributed by atoms with E-state index in [4.69, 9.17) is 9.47 Å². The summed E-state index contributed by atoms with van der Waals surface area (Å²) in [4.78, 5) is 13.0. The first-order valence-electron chi connectivity index (χ1n) is 10.0. The molecule has 0 aliphatic heterocycles. The second-order valence-electron chi connectivity index (χ2n) is 7.44. The number of amides is 1. The fourth-order valence-corrected chi connectivity index (χ4v) is 4.67. The lowest BCUT2D eigenvalue weighted by atomic mass is 10.1. The van der Waals surface area contributed by atoms with Gasteiger partial charge in [0.1, 0.15) is 17.2 Å². The van der Waals surface area contributed by atoms with Crippen LogP contribution >= 0.6 is 11.3 Å². The number of benzene rings is 2. The molecule has 2 heterocycles. The number of methoxy groups -OCH3 is 2. The van der Waals surface area contributed by atoms with E-state index < -0.39 is 0 Å². The number of hydrogen-bond acceptors (Lipinski definition) is 5. The van der Waals surface area contributed by atoms with Crippen LogP contribution in [0.4, 0.5) is 0 Å². The van der Waals surface area contributed by atoms with Crippen molar-refractivity contribution in [2.75, 3.05) is 14.2 Å². The van der Waals surface area contributed by atoms with Gasteiger partial charge in [-0.3, -0.25) is 9.48 Å². The minimum absolute atomic E-state index is 0.0183. The number of rotatable bonds is 7. The zero-order chi connectivity index (χ0) is 22.0. The van der Waals surface area contributed by atoms with Crippen molar-refractivity contribution >= 4 is 27.3 Å². The molecule has 0 bridgehead atoms. The van der Waals surface area contributed by atoms with Crippen LogP contribution in [0, 0.1) is 0 Å². The number of nitrogens with one attached hydrogen (secondary N) is 1. The summed E-state index contributed by atoms with van der Waals surface area (Å²) in [6.07, 6.45) is 0.768. The molecule has 4 aromatic rings. The van der Waals surface area contributed by atoms with Crippen LogP contribution < -0.4 is 14.8 Å². The summed E-state index contributed by atoms with van der Waals surface area (Å²) in [5.74, 6) is 1.21. The maximum Gasteiger partial charge on any atom is 0.269 e. The lowest BCUT2D eigenvalue weighted by Gasteiger charge is -2.13. The minimum Gasteiger partial charge on any atom is -0.497 e. The molecular weight excluding hydrogens is 410 g/mol. The molecule has 0 saturated carbocycles. The molecule has 0 spiro atoms. The van der Waals surface area contributed by atoms with Crippen molar-refractivity contribution in [1.29, 1.82) is 0 Å². The topological polar surface area (TPSA) is 65.4 Å². The monoisotopic (exact) mass is 435 g/mol. The second-order valence-corrected chi connectivity index (χ2v) is 8.35. The molecule has 0 unspecified atom stereocenters. The molecule has 2 aromatic heterocycles. The van der Waals surface area contributed by atoms with Crippen molar-refractivity contribution in [2.45, 2.75) is 19.4 Å². The summed E-state index contributed by atoms with van der Waals surface area (Å²) in [6.45, 7) is 2.02. The first kappa shape index (κ1) is 20.9. The number of fused-ring (bicyclic) bond motifs is 1. The van der Waals surface area contributed by atoms with Gasteiger partial charge in [-0.25, -0.2) is 0 Å². The normalized spacial score (nSPS) is 12.0. The summed E-state index contributed by atoms with van der Waals surface area (Å²) < 4.78 is 13.6. The van der Waals surface area contributed by atoms with E-state index in [0.29, 0.717) is 22.9 Å². The molecule has 7 heteroatoms. The van der Waals surface area contributed by atoms with E-state index in [-0.39, 0.29) is 11.9 Å². The van der Waals surface area contributed by atoms with Gasteiger partial charge in [0.25, 0.3) is 5.91 Å². The zero-order valence-corrected chi connectivity index (χ0v) is 18.8. The Morgan fingerprint density at radius 3 is 2.74 bits per heavy atom. The fourth-order valence-electron chi connectivity index (χ4n) is 3.70. The molecule has 0 fully saturated rings. The van der Waals surface area contributed by atoms with Crippen molar-refractivity contribution < 1.29 is 14.3 Å². The SMILES string of the molecule is COc1ccc(OC)c(-c2cc(C(=O)N[C@@H](C)Cc3csc4ccccc34)n(C)n2)c1. The van der Waals surface area contributed by atoms with Gasteiger partial charge in [-0.05, 0) is 60.0 Å². The maximum atomic E-state index is 13.0. The molecule has 1 amide bonds. The molecule has 4 rings (SSSR count). The van der Waals surface area contributed by atoms with E-state index in [0.717, 1.165) is 12.0 Å². The Labute approximate surface area is 185 Å². The van der Waals surface area contributed by atoms with Crippen molar-refractivity contribution in [3.05, 3.63) is 65.2 Å². The molecule has 2 aromatic carbocycles. The lowest BCUT2D eigenvalue weighted by Crippen LogP contribution is -2.35. The number of ether oxygens (including phenoxy) is 2. The van der Waals surface area contributed by atoms with Crippen LogP contribution in [0.25, 0.3) is 21.3 Å². The molecule has 6 nitrogen and oxygen atoms in total. The Morgan fingerprint density at radius 1 is 1.16 bits per heavy atom. The van der Waals surface area contributed by atoms with Crippen LogP contribution in [0.2, 0.25) is 0 Å². The maximum absolute atomic E-state index is 13.0. The molecule has 0 saturated heterocycles. The summed E-state index contributed by atoms with van der Waals surface area (Å²) in [5, 5.41) is 11.1. The summed E-state index contributed by atoms with van der Waals surface area (Å²) in [6, 6.07) is 15.6. The molecule has 0 radical (unpaired) electrons. The number of hydrogen-bond donors (Lipinski definition) is 1. The highest BCUT2D eigenvalue weighted by atomic mass is 32.1. The van der Waals surface area contributed by atoms with Crippen LogP contribution in [-0.4, -0.2) is 35.9 Å². The summed E-state index contributed by atoms with van der Waals surface area (Å²) >= 11 is 1.73. The number of carbonyl (C=O) groups excluding carboxylic acids is 1. The molecule has 0 aliphatic rings. The Bertz CT molecular complexity index is 1230. The van der Waals surface area contributed by atoms with Gasteiger partial charge in [0, 0.05) is 23.4 Å². The standard InChI is InChI=1S/C24H25N3O3S/c1-15(11-16-14-31-23-8-6-5-7-18(16)23)25-24(28)21-13-20(26-27(21)2)19-12-17(29-3)9-10-22(19)30-4/h5-10,12-15H,11H2,1-4H3,(H,25,28)/t15-/m0/s1. The Morgan fingerprint density at radius 2 is 1.97 bits per heavy atom. The molecule has 1 atom stereocenters. The Kier molecular flexibility index (Phi) is 5.95. The van der Waals surface area contributed by atoms with Crippen molar-refractivity contribution in [3.63, 3.8) is 0 Å². The van der Waals surface area contributed by atoms with Crippen LogP contribution in [0.15, 0.2) is 53.9 Å². The second kappa shape index (κ2) is 8.81. The third-order valence-corrected chi connectivity index (χ3v) is 6.27. The van der Waals surface area contributed by atoms with E-state index in [2.05, 4.69) is 27.9 Å². The van der Waals surface area contributed by atoms with Gasteiger partial charge in [0.2, 0.25) is 0 Å². The largest absolute Gasteiger partial charge is 0.497 e. The highest BCUT2D eigenvalue weighted by Gasteiger charge is 2.19. The highest BCUT2D eigenvalue weighted by Crippen LogP contribution is 2.33. The predicted molar refractivity (Wildman–Crippen MR) is 124 cm³/mol. The van der Waals surface area contributed by atoms with E-state index in [1.807, 2.05) is 37.3 Å². The average molecular weight is 436 g/mol. The summed E-state index contributed by atoms with van der Waals surface area (Å²) in [7, 11) is 4.99. The third kappa shape index (κ3) is 4.27. The van der Waals surface area contributed by atoms with Crippen molar-refractivity contribution in [3.8, 4) is 22.8 Å². The Hall–Kier alpha value is -3.32. The van der Waals surface area contributed by atoms with E-state index in [9.17, 15) is 4.79 Å². The van der Waals surface area contributed by atoms with Crippen LogP contribution in [-0.2, 0) is 13.5 Å². The number of thiophene rings is 1. The van der Waals surface area contributed by atoms with Crippen molar-refractivity contribution in [2.24, 2.45) is 7.05 Å². The minimum atomic E-state index is -0.157. The average Bonchev–Trinajstić information content (AvgIpc) is 3.37. The fraction of sp³-hybridized carbons (Fsp3) is 0.250. The number of aryl methyl sites for hydroxylation is 1. The zero-order valence-electron chi connectivity index (χ0n) is 18.0. The van der Waals surface area contributed by atoms with Gasteiger partial charge in [-0.1, -0.05) is 18.2 Å². The number of nitrogens with zero attached hydrogens (tertiary/aromatic N) is 2. The van der Waals surface area contributed by atoms with Crippen LogP contribution in [0.5, 0.6) is 11.5 Å². The molecule has 160 valence electrons. The van der Waals surface area contributed by atoms with Crippen molar-refractivity contribution in [1.82, 2.24) is 15.1 Å². The number of aromatic nitrogens is 2. The van der Waals surface area contributed by atoms with Gasteiger partial charge in [-0.2, -0.15) is 5.10 Å². The van der Waals surface area contributed by atoms with Gasteiger partial charge in [-0.15, -0.1) is 11.3 Å². The van der Waals surface area contributed by atoms with Gasteiger partial charge in [0.05, 0.1) is 19.9 Å². The van der Waals surface area contributed by atoms with Crippen LogP contribution in [0.3, 0.4) is 0 Å². The van der Waals surface area contributed by atoms with Gasteiger partial charge < -0.3 is 14.8 Å². The third-order valence-electron chi connectivity index (χ3n) is 5.26. The quantitative estimate of drug-likeness (QED) is 0.458. The van der Waals surface area contributed by atoms with Gasteiger partial charge in [0.15, 0.2) is 0 Å². The van der Waals surface area contributed by atoms with Crippen LogP contribution in [0.1, 0.15) is 23.0 Å². The van der Waals surface area contributed by atoms with E-state index in [1.165, 1.54) is 15.6 Å². The first-order valence-corrected chi connectivity index (χ1v) is 10.9. The molecule has 1 N–H and O–H groups in total. The lowest BCUT2D eigenvalue weighted by molar-refractivity contribution is 0.0930. The van der Waals surface area contributed by atoms with E-state index >= 15 is 0 Å². The van der Waals surface area contributed by atoms with E-state index in [1.54, 1.807) is 43.4 Å². The Balaban J connectivity index is 1.53. The highest BCUT2D eigenvalue weighted by molar-refractivity contribution is 7.17. The molecule has 0 aliphatic carbocycles. The predicted octanol–water partition coefficient (Wildman–Crippen LogP) is 4.68.